The highest BCUT2D eigenvalue weighted by Crippen LogP contribution is 2.25. The highest BCUT2D eigenvalue weighted by molar-refractivity contribution is 7.12. The minimum atomic E-state index is -0.508. The molecule has 6 nitrogen and oxygen atoms in total. The molecule has 3 heterocycles. The van der Waals surface area contributed by atoms with E-state index in [1.165, 1.54) is 24.5 Å². The monoisotopic (exact) mass is 381 g/mol. The summed E-state index contributed by atoms with van der Waals surface area (Å²) in [6.45, 7) is -0.0315. The van der Waals surface area contributed by atoms with Crippen LogP contribution < -0.4 is 10.4 Å². The van der Waals surface area contributed by atoms with Crippen LogP contribution in [0, 0.1) is 0 Å². The molecule has 0 saturated heterocycles. The second-order valence-electron chi connectivity index (χ2n) is 5.75. The Morgan fingerprint density at radius 1 is 1.19 bits per heavy atom. The van der Waals surface area contributed by atoms with E-state index in [2.05, 4.69) is 0 Å². The normalized spacial score (nSPS) is 10.9. The fourth-order valence-electron chi connectivity index (χ4n) is 2.82. The van der Waals surface area contributed by atoms with E-state index in [1.807, 2.05) is 40.5 Å². The lowest BCUT2D eigenvalue weighted by Gasteiger charge is -2.09. The molecule has 7 heteroatoms. The van der Waals surface area contributed by atoms with E-state index in [1.54, 1.807) is 18.2 Å². The number of carbonyl (C=O) groups excluding carboxylic acids is 1. The largest absolute Gasteiger partial charge is 0.497 e. The number of methoxy groups -OCH3 is 1. The van der Waals surface area contributed by atoms with Crippen LogP contribution in [0.25, 0.3) is 16.7 Å². The number of thiophene rings is 1. The number of aromatic nitrogens is 1. The Kier molecular flexibility index (Phi) is 4.52. The molecule has 0 unspecified atom stereocenters. The zero-order valence-electron chi connectivity index (χ0n) is 14.4. The number of nitrogens with zero attached hydrogens (tertiary/aromatic N) is 1. The Bertz CT molecular complexity index is 1160. The van der Waals surface area contributed by atoms with Crippen LogP contribution in [0.3, 0.4) is 0 Å². The van der Waals surface area contributed by atoms with Crippen molar-refractivity contribution in [2.24, 2.45) is 0 Å². The molecule has 3 aromatic heterocycles. The van der Waals surface area contributed by atoms with Crippen molar-refractivity contribution in [2.75, 3.05) is 7.11 Å². The van der Waals surface area contributed by atoms with Gasteiger partial charge in [0.15, 0.2) is 0 Å². The fraction of sp³-hybridized carbons (Fsp3) is 0.100. The molecule has 0 spiro atoms. The SMILES string of the molecule is COc1ccc2c(COC(=O)c3sccc3-n3cccc3)cc(=O)oc2c1. The zero-order chi connectivity index (χ0) is 18.8. The summed E-state index contributed by atoms with van der Waals surface area (Å²) in [5, 5.41) is 2.53. The molecule has 0 aliphatic heterocycles. The lowest BCUT2D eigenvalue weighted by molar-refractivity contribution is 0.0479. The number of fused-ring (bicyclic) bond motifs is 1. The van der Waals surface area contributed by atoms with Crippen molar-refractivity contribution >= 4 is 28.3 Å². The predicted molar refractivity (Wildman–Crippen MR) is 102 cm³/mol. The number of esters is 1. The van der Waals surface area contributed by atoms with E-state index >= 15 is 0 Å². The molecular weight excluding hydrogens is 366 g/mol. The van der Waals surface area contributed by atoms with Crippen LogP contribution >= 0.6 is 11.3 Å². The first kappa shape index (κ1) is 17.1. The maximum absolute atomic E-state index is 12.6. The summed E-state index contributed by atoms with van der Waals surface area (Å²) >= 11 is 1.31. The molecular formula is C20H15NO5S. The van der Waals surface area contributed by atoms with Crippen LogP contribution in [0.5, 0.6) is 5.75 Å². The van der Waals surface area contributed by atoms with Gasteiger partial charge in [-0.2, -0.15) is 0 Å². The van der Waals surface area contributed by atoms with Gasteiger partial charge in [-0.25, -0.2) is 9.59 Å². The maximum atomic E-state index is 12.6. The van der Waals surface area contributed by atoms with Gasteiger partial charge in [-0.3, -0.25) is 0 Å². The van der Waals surface area contributed by atoms with Crippen molar-refractivity contribution in [1.82, 2.24) is 4.57 Å². The van der Waals surface area contributed by atoms with Gasteiger partial charge in [0.25, 0.3) is 0 Å². The molecule has 4 aromatic rings. The Morgan fingerprint density at radius 3 is 2.78 bits per heavy atom. The summed E-state index contributed by atoms with van der Waals surface area (Å²) in [6, 6.07) is 12.1. The molecule has 0 saturated carbocycles. The van der Waals surface area contributed by atoms with Crippen molar-refractivity contribution in [2.45, 2.75) is 6.61 Å². The molecule has 136 valence electrons. The van der Waals surface area contributed by atoms with Crippen LogP contribution in [0.15, 0.2) is 69.5 Å². The van der Waals surface area contributed by atoms with Gasteiger partial charge in [0.05, 0.1) is 12.8 Å². The van der Waals surface area contributed by atoms with E-state index < -0.39 is 11.6 Å². The zero-order valence-corrected chi connectivity index (χ0v) is 15.2. The number of rotatable bonds is 5. The van der Waals surface area contributed by atoms with Gasteiger partial charge in [-0.1, -0.05) is 0 Å². The molecule has 0 fully saturated rings. The van der Waals surface area contributed by atoms with Gasteiger partial charge in [0.2, 0.25) is 0 Å². The molecule has 0 bridgehead atoms. The summed E-state index contributed by atoms with van der Waals surface area (Å²) in [6.07, 6.45) is 3.73. The van der Waals surface area contributed by atoms with Crippen LogP contribution in [-0.4, -0.2) is 17.6 Å². The standard InChI is InChI=1S/C20H15NO5S/c1-24-14-4-5-15-13(10-18(22)26-17(15)11-14)12-25-20(23)19-16(6-9-27-19)21-7-2-3-8-21/h2-11H,12H2,1H3. The van der Waals surface area contributed by atoms with E-state index in [9.17, 15) is 9.59 Å². The van der Waals surface area contributed by atoms with E-state index in [0.717, 1.165) is 5.69 Å². The highest BCUT2D eigenvalue weighted by atomic mass is 32.1. The van der Waals surface area contributed by atoms with Crippen LogP contribution in [-0.2, 0) is 11.3 Å². The smallest absolute Gasteiger partial charge is 0.350 e. The van der Waals surface area contributed by atoms with Crippen LogP contribution in [0.2, 0.25) is 0 Å². The predicted octanol–water partition coefficient (Wildman–Crippen LogP) is 4.01. The quantitative estimate of drug-likeness (QED) is 0.386. The molecule has 4 rings (SSSR count). The van der Waals surface area contributed by atoms with Gasteiger partial charge < -0.3 is 18.5 Å². The minimum absolute atomic E-state index is 0.0315. The number of carbonyl (C=O) groups is 1. The molecule has 0 atom stereocenters. The summed E-state index contributed by atoms with van der Waals surface area (Å²) in [4.78, 5) is 24.9. The molecule has 0 N–H and O–H groups in total. The van der Waals surface area contributed by atoms with Crippen molar-refractivity contribution in [3.8, 4) is 11.4 Å². The van der Waals surface area contributed by atoms with Gasteiger partial charge in [-0.05, 0) is 35.7 Å². The van der Waals surface area contributed by atoms with Gasteiger partial charge in [0.1, 0.15) is 22.8 Å². The number of hydrogen-bond acceptors (Lipinski definition) is 6. The Hall–Kier alpha value is -3.32. The highest BCUT2D eigenvalue weighted by Gasteiger charge is 2.17. The molecule has 1 aromatic carbocycles. The summed E-state index contributed by atoms with van der Waals surface area (Å²) in [5.74, 6) is 0.137. The van der Waals surface area contributed by atoms with E-state index in [-0.39, 0.29) is 6.61 Å². The summed E-state index contributed by atoms with van der Waals surface area (Å²) in [7, 11) is 1.54. The lowest BCUT2D eigenvalue weighted by Crippen LogP contribution is -2.08. The molecule has 0 aliphatic carbocycles. The molecule has 0 aliphatic rings. The number of hydrogen-bond donors (Lipinski definition) is 0. The van der Waals surface area contributed by atoms with Gasteiger partial charge in [0, 0.05) is 35.5 Å². The third-order valence-corrected chi connectivity index (χ3v) is 4.99. The minimum Gasteiger partial charge on any atom is -0.497 e. The average molecular weight is 381 g/mol. The third kappa shape index (κ3) is 3.37. The lowest BCUT2D eigenvalue weighted by atomic mass is 10.1. The van der Waals surface area contributed by atoms with Crippen molar-refractivity contribution in [3.05, 3.63) is 81.1 Å². The third-order valence-electron chi connectivity index (χ3n) is 4.11. The first-order valence-electron chi connectivity index (χ1n) is 8.14. The van der Waals surface area contributed by atoms with Gasteiger partial charge >= 0.3 is 11.6 Å². The van der Waals surface area contributed by atoms with E-state index in [4.69, 9.17) is 13.9 Å². The second kappa shape index (κ2) is 7.13. The molecule has 27 heavy (non-hydrogen) atoms. The van der Waals surface area contributed by atoms with Crippen molar-refractivity contribution in [3.63, 3.8) is 0 Å². The van der Waals surface area contributed by atoms with Crippen LogP contribution in [0.1, 0.15) is 15.2 Å². The topological polar surface area (TPSA) is 70.7 Å². The van der Waals surface area contributed by atoms with Crippen molar-refractivity contribution in [1.29, 1.82) is 0 Å². The van der Waals surface area contributed by atoms with E-state index in [0.29, 0.717) is 27.2 Å². The van der Waals surface area contributed by atoms with Crippen LogP contribution in [0.4, 0.5) is 0 Å². The first-order valence-corrected chi connectivity index (χ1v) is 9.02. The average Bonchev–Trinajstić information content (AvgIpc) is 3.36. The fourth-order valence-corrected chi connectivity index (χ4v) is 3.60. The molecule has 0 radical (unpaired) electrons. The van der Waals surface area contributed by atoms with Gasteiger partial charge in [-0.15, -0.1) is 11.3 Å². The first-order chi connectivity index (χ1) is 13.2. The maximum Gasteiger partial charge on any atom is 0.350 e. The summed E-state index contributed by atoms with van der Waals surface area (Å²) in [5.41, 5.74) is 1.22. The second-order valence-corrected chi connectivity index (χ2v) is 6.67. The van der Waals surface area contributed by atoms with Crippen molar-refractivity contribution < 1.29 is 18.7 Å². The Balaban J connectivity index is 1.60. The number of ether oxygens (including phenoxy) is 2. The number of benzene rings is 1. The molecule has 0 amide bonds. The Labute approximate surface area is 158 Å². The Morgan fingerprint density at radius 2 is 2.00 bits per heavy atom. The summed E-state index contributed by atoms with van der Waals surface area (Å²) < 4.78 is 17.7.